The zero-order valence-corrected chi connectivity index (χ0v) is 15.0. The van der Waals surface area contributed by atoms with E-state index >= 15 is 0 Å². The molecular weight excluding hydrogens is 318 g/mol. The third-order valence-corrected chi connectivity index (χ3v) is 4.56. The monoisotopic (exact) mass is 347 g/mol. The standard InChI is InChI=1S/C19H29N3O3/c1-15-4-6-17(7-5-15)19(25)21-9-8-18(24)20-10-12-22-11-2-3-16(13-22)14-23/h4-7,16,23H,2-3,8-14H2,1H3,(H,20,24)(H,21,25). The number of nitrogens with zero attached hydrogens (tertiary/aromatic N) is 1. The van der Waals surface area contributed by atoms with Crippen LogP contribution in [-0.2, 0) is 4.79 Å². The maximum absolute atomic E-state index is 11.9. The molecule has 25 heavy (non-hydrogen) atoms. The van der Waals surface area contributed by atoms with Crippen molar-refractivity contribution in [2.75, 3.05) is 39.3 Å². The second kappa shape index (κ2) is 10.2. The second-order valence-electron chi connectivity index (χ2n) is 6.71. The van der Waals surface area contributed by atoms with Crippen molar-refractivity contribution < 1.29 is 14.7 Å². The van der Waals surface area contributed by atoms with Gasteiger partial charge in [-0.2, -0.15) is 0 Å². The molecule has 0 spiro atoms. The fraction of sp³-hybridized carbons (Fsp3) is 0.579. The summed E-state index contributed by atoms with van der Waals surface area (Å²) < 4.78 is 0. The smallest absolute Gasteiger partial charge is 0.251 e. The third kappa shape index (κ3) is 6.84. The Hall–Kier alpha value is -1.92. The number of aliphatic hydroxyl groups excluding tert-OH is 1. The quantitative estimate of drug-likeness (QED) is 0.654. The Balaban J connectivity index is 1.58. The van der Waals surface area contributed by atoms with E-state index in [9.17, 15) is 14.7 Å². The molecule has 0 saturated carbocycles. The molecule has 0 bridgehead atoms. The average Bonchev–Trinajstić information content (AvgIpc) is 2.62. The van der Waals surface area contributed by atoms with Crippen LogP contribution in [-0.4, -0.2) is 61.2 Å². The molecule has 0 aliphatic carbocycles. The maximum Gasteiger partial charge on any atom is 0.251 e. The van der Waals surface area contributed by atoms with Crippen molar-refractivity contribution in [3.8, 4) is 0 Å². The van der Waals surface area contributed by atoms with Crippen LogP contribution >= 0.6 is 0 Å². The van der Waals surface area contributed by atoms with Crippen LogP contribution in [0, 0.1) is 12.8 Å². The van der Waals surface area contributed by atoms with Crippen LogP contribution in [0.1, 0.15) is 35.2 Å². The van der Waals surface area contributed by atoms with Gasteiger partial charge in [-0.15, -0.1) is 0 Å². The molecule has 1 saturated heterocycles. The normalized spacial score (nSPS) is 17.9. The first-order valence-electron chi connectivity index (χ1n) is 9.03. The summed E-state index contributed by atoms with van der Waals surface area (Å²) in [6.07, 6.45) is 2.46. The van der Waals surface area contributed by atoms with E-state index in [0.717, 1.165) is 38.0 Å². The van der Waals surface area contributed by atoms with Crippen LogP contribution < -0.4 is 10.6 Å². The summed E-state index contributed by atoms with van der Waals surface area (Å²) in [5.74, 6) is 0.150. The number of benzene rings is 1. The van der Waals surface area contributed by atoms with Gasteiger partial charge in [0.1, 0.15) is 0 Å². The molecule has 6 nitrogen and oxygen atoms in total. The molecule has 1 fully saturated rings. The summed E-state index contributed by atoms with van der Waals surface area (Å²) in [6, 6.07) is 7.35. The van der Waals surface area contributed by atoms with E-state index in [-0.39, 0.29) is 24.8 Å². The highest BCUT2D eigenvalue weighted by atomic mass is 16.3. The van der Waals surface area contributed by atoms with Gasteiger partial charge in [0, 0.05) is 44.8 Å². The van der Waals surface area contributed by atoms with Crippen molar-refractivity contribution in [1.82, 2.24) is 15.5 Å². The van der Waals surface area contributed by atoms with E-state index in [1.54, 1.807) is 12.1 Å². The van der Waals surface area contributed by atoms with Crippen LogP contribution in [0.15, 0.2) is 24.3 Å². The summed E-state index contributed by atoms with van der Waals surface area (Å²) in [7, 11) is 0. The summed E-state index contributed by atoms with van der Waals surface area (Å²) in [5.41, 5.74) is 1.71. The molecule has 2 amide bonds. The van der Waals surface area contributed by atoms with Crippen LogP contribution in [0.5, 0.6) is 0 Å². The first-order valence-corrected chi connectivity index (χ1v) is 9.03. The van der Waals surface area contributed by atoms with Gasteiger partial charge in [0.15, 0.2) is 0 Å². The van der Waals surface area contributed by atoms with Crippen molar-refractivity contribution in [2.45, 2.75) is 26.2 Å². The van der Waals surface area contributed by atoms with E-state index in [2.05, 4.69) is 15.5 Å². The Bertz CT molecular complexity index is 560. The lowest BCUT2D eigenvalue weighted by Gasteiger charge is -2.31. The summed E-state index contributed by atoms with van der Waals surface area (Å²) in [5, 5.41) is 14.9. The Morgan fingerprint density at radius 3 is 2.68 bits per heavy atom. The van der Waals surface area contributed by atoms with Gasteiger partial charge in [-0.1, -0.05) is 17.7 Å². The number of nitrogens with one attached hydrogen (secondary N) is 2. The van der Waals surface area contributed by atoms with E-state index in [4.69, 9.17) is 0 Å². The van der Waals surface area contributed by atoms with Gasteiger partial charge in [-0.25, -0.2) is 0 Å². The molecule has 1 aliphatic rings. The van der Waals surface area contributed by atoms with Crippen LogP contribution in [0.4, 0.5) is 0 Å². The number of carbonyl (C=O) groups excluding carboxylic acids is 2. The lowest BCUT2D eigenvalue weighted by Crippen LogP contribution is -2.41. The van der Waals surface area contributed by atoms with Crippen molar-refractivity contribution in [1.29, 1.82) is 0 Å². The molecule has 1 aliphatic heterocycles. The maximum atomic E-state index is 11.9. The molecule has 1 heterocycles. The number of aliphatic hydroxyl groups is 1. The molecule has 0 aromatic heterocycles. The number of piperidine rings is 1. The lowest BCUT2D eigenvalue weighted by atomic mass is 9.99. The average molecular weight is 347 g/mol. The van der Waals surface area contributed by atoms with E-state index in [1.807, 2.05) is 19.1 Å². The van der Waals surface area contributed by atoms with Gasteiger partial charge in [0.05, 0.1) is 0 Å². The number of likely N-dealkylation sites (tertiary alicyclic amines) is 1. The molecule has 138 valence electrons. The minimum atomic E-state index is -0.156. The minimum absolute atomic E-state index is 0.0556. The predicted octanol–water partition coefficient (Wildman–Crippen LogP) is 0.935. The van der Waals surface area contributed by atoms with Crippen molar-refractivity contribution in [3.05, 3.63) is 35.4 Å². The summed E-state index contributed by atoms with van der Waals surface area (Å²) in [4.78, 5) is 26.1. The van der Waals surface area contributed by atoms with Crippen molar-refractivity contribution >= 4 is 11.8 Å². The second-order valence-corrected chi connectivity index (χ2v) is 6.71. The number of amides is 2. The highest BCUT2D eigenvalue weighted by Gasteiger charge is 2.18. The van der Waals surface area contributed by atoms with Gasteiger partial charge >= 0.3 is 0 Å². The van der Waals surface area contributed by atoms with Gasteiger partial charge < -0.3 is 20.6 Å². The highest BCUT2D eigenvalue weighted by molar-refractivity contribution is 5.94. The number of carbonyl (C=O) groups is 2. The first-order chi connectivity index (χ1) is 12.1. The number of hydrogen-bond donors (Lipinski definition) is 3. The first kappa shape index (κ1) is 19.4. The summed E-state index contributed by atoms with van der Waals surface area (Å²) >= 11 is 0. The molecule has 1 aromatic rings. The molecule has 2 rings (SSSR count). The van der Waals surface area contributed by atoms with Crippen molar-refractivity contribution in [3.63, 3.8) is 0 Å². The number of hydrogen-bond acceptors (Lipinski definition) is 4. The SMILES string of the molecule is Cc1ccc(C(=O)NCCC(=O)NCCN2CCCC(CO)C2)cc1. The predicted molar refractivity (Wildman–Crippen MR) is 97.4 cm³/mol. The fourth-order valence-electron chi connectivity index (χ4n) is 3.04. The molecule has 6 heteroatoms. The molecule has 0 radical (unpaired) electrons. The van der Waals surface area contributed by atoms with Gasteiger partial charge in [-0.05, 0) is 44.4 Å². The molecular formula is C19H29N3O3. The Kier molecular flexibility index (Phi) is 7.88. The number of rotatable bonds is 8. The topological polar surface area (TPSA) is 81.7 Å². The Morgan fingerprint density at radius 1 is 1.20 bits per heavy atom. The van der Waals surface area contributed by atoms with E-state index in [1.165, 1.54) is 0 Å². The highest BCUT2D eigenvalue weighted by Crippen LogP contribution is 2.14. The fourth-order valence-corrected chi connectivity index (χ4v) is 3.04. The van der Waals surface area contributed by atoms with Gasteiger partial charge in [0.25, 0.3) is 5.91 Å². The summed E-state index contributed by atoms with van der Waals surface area (Å²) in [6.45, 7) is 5.87. The van der Waals surface area contributed by atoms with Gasteiger partial charge in [0.2, 0.25) is 5.91 Å². The minimum Gasteiger partial charge on any atom is -0.396 e. The van der Waals surface area contributed by atoms with Crippen LogP contribution in [0.25, 0.3) is 0 Å². The molecule has 1 aromatic carbocycles. The molecule has 1 atom stereocenters. The van der Waals surface area contributed by atoms with E-state index < -0.39 is 0 Å². The van der Waals surface area contributed by atoms with Crippen molar-refractivity contribution in [2.24, 2.45) is 5.92 Å². The zero-order valence-electron chi connectivity index (χ0n) is 15.0. The number of aryl methyl sites for hydroxylation is 1. The zero-order chi connectivity index (χ0) is 18.1. The van der Waals surface area contributed by atoms with E-state index in [0.29, 0.717) is 24.6 Å². The van der Waals surface area contributed by atoms with Crippen LogP contribution in [0.3, 0.4) is 0 Å². The Labute approximate surface area is 149 Å². The van der Waals surface area contributed by atoms with Crippen LogP contribution in [0.2, 0.25) is 0 Å². The third-order valence-electron chi connectivity index (χ3n) is 4.56. The largest absolute Gasteiger partial charge is 0.396 e. The Morgan fingerprint density at radius 2 is 1.96 bits per heavy atom. The van der Waals surface area contributed by atoms with Gasteiger partial charge in [-0.3, -0.25) is 9.59 Å². The molecule has 3 N–H and O–H groups in total. The molecule has 1 unspecified atom stereocenters. The lowest BCUT2D eigenvalue weighted by molar-refractivity contribution is -0.121.